The minimum absolute atomic E-state index is 0.165. The molecule has 6 nitrogen and oxygen atoms in total. The predicted molar refractivity (Wildman–Crippen MR) is 141 cm³/mol. The molecule has 0 spiro atoms. The number of rotatable bonds is 10. The van der Waals surface area contributed by atoms with E-state index in [1.54, 1.807) is 0 Å². The smallest absolute Gasteiger partial charge is 0.222 e. The van der Waals surface area contributed by atoms with E-state index in [0.717, 1.165) is 30.7 Å². The second-order valence-corrected chi connectivity index (χ2v) is 10.2. The summed E-state index contributed by atoms with van der Waals surface area (Å²) in [5, 5.41) is 13.5. The molecule has 2 aromatic rings. The maximum Gasteiger partial charge on any atom is 0.222 e. The Morgan fingerprint density at radius 2 is 1.63 bits per heavy atom. The Bertz CT molecular complexity index is 924. The van der Waals surface area contributed by atoms with Crippen LogP contribution in [0, 0.1) is 5.92 Å². The second-order valence-electron chi connectivity index (χ2n) is 10.2. The Labute approximate surface area is 210 Å². The van der Waals surface area contributed by atoms with Gasteiger partial charge < -0.3 is 15.0 Å². The first-order chi connectivity index (χ1) is 17.1. The lowest BCUT2D eigenvalue weighted by Gasteiger charge is -2.34. The molecule has 2 aliphatic rings. The first-order valence-corrected chi connectivity index (χ1v) is 13.4. The van der Waals surface area contributed by atoms with Crippen molar-refractivity contribution in [2.24, 2.45) is 5.92 Å². The molecule has 0 saturated heterocycles. The summed E-state index contributed by atoms with van der Waals surface area (Å²) in [6.45, 7) is 0. The molecule has 0 aliphatic heterocycles. The first kappa shape index (κ1) is 25.4. The Morgan fingerprint density at radius 1 is 0.943 bits per heavy atom. The summed E-state index contributed by atoms with van der Waals surface area (Å²) in [7, 11) is 1.99. The van der Waals surface area contributed by atoms with Crippen LogP contribution >= 0.6 is 0 Å². The number of para-hydroxylation sites is 1. The quantitative estimate of drug-likeness (QED) is 0.314. The van der Waals surface area contributed by atoms with Crippen LogP contribution < -0.4 is 15.5 Å². The van der Waals surface area contributed by atoms with Crippen molar-refractivity contribution in [2.45, 2.75) is 89.1 Å². The number of amides is 1. The highest BCUT2D eigenvalue weighted by molar-refractivity contribution is 5.76. The summed E-state index contributed by atoms with van der Waals surface area (Å²) in [5.41, 5.74) is 3.73. The highest BCUT2D eigenvalue weighted by Crippen LogP contribution is 2.35. The number of carbonyl (C=O) groups is 1. The van der Waals surface area contributed by atoms with E-state index < -0.39 is 0 Å². The van der Waals surface area contributed by atoms with Crippen LogP contribution in [0.4, 0.5) is 11.4 Å². The minimum Gasteiger partial charge on any atom is -0.457 e. The molecule has 0 unspecified atom stereocenters. The molecule has 2 fully saturated rings. The molecule has 0 bridgehead atoms. The summed E-state index contributed by atoms with van der Waals surface area (Å²) < 4.78 is 6.03. The number of hydrogen-bond donors (Lipinski definition) is 3. The molecule has 4 rings (SSSR count). The molecule has 2 aromatic carbocycles. The Balaban J connectivity index is 1.46. The normalized spacial score (nSPS) is 18.0. The molecule has 1 atom stereocenters. The van der Waals surface area contributed by atoms with Gasteiger partial charge in [0.1, 0.15) is 11.5 Å². The standard InChI is InChI=1S/C29H41N3O3/c1-32(23-13-7-3-8-14-23)29(33)20-19-26(22-11-5-2-6-12-22)30-28-21-25(17-18-27(28)31-34)35-24-15-9-4-10-16-24/h4,9-10,15-18,21-23,26,30-31,34H,2-3,5-8,11-14,19-20H2,1H3/t26-/m0/s1. The van der Waals surface area contributed by atoms with Crippen LogP contribution in [0.2, 0.25) is 0 Å². The summed E-state index contributed by atoms with van der Waals surface area (Å²) in [4.78, 5) is 15.1. The molecular formula is C29H41N3O3. The van der Waals surface area contributed by atoms with E-state index in [-0.39, 0.29) is 11.9 Å². The van der Waals surface area contributed by atoms with Crippen molar-refractivity contribution in [3.63, 3.8) is 0 Å². The molecule has 35 heavy (non-hydrogen) atoms. The summed E-state index contributed by atoms with van der Waals surface area (Å²) in [5.74, 6) is 2.24. The van der Waals surface area contributed by atoms with Crippen molar-refractivity contribution in [1.29, 1.82) is 0 Å². The summed E-state index contributed by atoms with van der Waals surface area (Å²) >= 11 is 0. The zero-order valence-electron chi connectivity index (χ0n) is 21.0. The van der Waals surface area contributed by atoms with Gasteiger partial charge in [0.15, 0.2) is 0 Å². The Hall–Kier alpha value is -2.73. The second kappa shape index (κ2) is 12.8. The van der Waals surface area contributed by atoms with Gasteiger partial charge in [-0.2, -0.15) is 0 Å². The average molecular weight is 480 g/mol. The zero-order valence-corrected chi connectivity index (χ0v) is 21.0. The minimum atomic E-state index is 0.165. The highest BCUT2D eigenvalue weighted by Gasteiger charge is 2.27. The number of anilines is 2. The van der Waals surface area contributed by atoms with Crippen LogP contribution in [0.15, 0.2) is 48.5 Å². The molecule has 6 heteroatoms. The van der Waals surface area contributed by atoms with E-state index in [1.165, 1.54) is 51.4 Å². The molecule has 190 valence electrons. The van der Waals surface area contributed by atoms with Gasteiger partial charge in [-0.3, -0.25) is 15.5 Å². The third-order valence-corrected chi connectivity index (χ3v) is 7.84. The number of nitrogens with zero attached hydrogens (tertiary/aromatic N) is 1. The van der Waals surface area contributed by atoms with Gasteiger partial charge in [0.05, 0.1) is 11.4 Å². The van der Waals surface area contributed by atoms with Gasteiger partial charge in [0.2, 0.25) is 5.91 Å². The highest BCUT2D eigenvalue weighted by atomic mass is 16.5. The van der Waals surface area contributed by atoms with E-state index in [0.29, 0.717) is 29.8 Å². The average Bonchev–Trinajstić information content (AvgIpc) is 2.92. The first-order valence-electron chi connectivity index (χ1n) is 13.4. The van der Waals surface area contributed by atoms with Crippen molar-refractivity contribution in [1.82, 2.24) is 4.90 Å². The molecule has 2 aliphatic carbocycles. The molecular weight excluding hydrogens is 438 g/mol. The molecule has 3 N–H and O–H groups in total. The number of nitrogens with one attached hydrogen (secondary N) is 2. The van der Waals surface area contributed by atoms with E-state index in [2.05, 4.69) is 10.8 Å². The fourth-order valence-corrected chi connectivity index (χ4v) is 5.72. The molecule has 2 saturated carbocycles. The van der Waals surface area contributed by atoms with E-state index in [1.807, 2.05) is 60.5 Å². The van der Waals surface area contributed by atoms with Crippen molar-refractivity contribution in [3.8, 4) is 11.5 Å². The van der Waals surface area contributed by atoms with Gasteiger partial charge in [-0.05, 0) is 62.3 Å². The Morgan fingerprint density at radius 3 is 2.31 bits per heavy atom. The summed E-state index contributed by atoms with van der Waals surface area (Å²) in [6, 6.07) is 15.8. The number of hydrogen-bond acceptors (Lipinski definition) is 5. The predicted octanol–water partition coefficient (Wildman–Crippen LogP) is 7.21. The lowest BCUT2D eigenvalue weighted by molar-refractivity contribution is -0.132. The fourth-order valence-electron chi connectivity index (χ4n) is 5.72. The topological polar surface area (TPSA) is 73.8 Å². The van der Waals surface area contributed by atoms with Crippen LogP contribution in [0.1, 0.15) is 77.0 Å². The SMILES string of the molecule is CN(C(=O)CC[C@H](Nc1cc(Oc2ccccc2)ccc1NO)C1CCCCC1)C1CCCCC1. The third-order valence-electron chi connectivity index (χ3n) is 7.84. The largest absolute Gasteiger partial charge is 0.457 e. The van der Waals surface area contributed by atoms with Gasteiger partial charge >= 0.3 is 0 Å². The fraction of sp³-hybridized carbons (Fsp3) is 0.552. The van der Waals surface area contributed by atoms with Crippen LogP contribution in [-0.4, -0.2) is 35.1 Å². The molecule has 0 radical (unpaired) electrons. The third kappa shape index (κ3) is 7.14. The Kier molecular flexibility index (Phi) is 9.29. The molecule has 0 aromatic heterocycles. The van der Waals surface area contributed by atoms with Crippen LogP contribution in [-0.2, 0) is 4.79 Å². The number of ether oxygens (including phenoxy) is 1. The van der Waals surface area contributed by atoms with Crippen molar-refractivity contribution in [2.75, 3.05) is 17.8 Å². The monoisotopic (exact) mass is 479 g/mol. The number of carbonyl (C=O) groups excluding carboxylic acids is 1. The van der Waals surface area contributed by atoms with E-state index in [4.69, 9.17) is 4.74 Å². The van der Waals surface area contributed by atoms with Crippen molar-refractivity contribution in [3.05, 3.63) is 48.5 Å². The van der Waals surface area contributed by atoms with Gasteiger partial charge in [-0.1, -0.05) is 56.7 Å². The number of benzene rings is 2. The van der Waals surface area contributed by atoms with Gasteiger partial charge in [-0.25, -0.2) is 0 Å². The van der Waals surface area contributed by atoms with Crippen LogP contribution in [0.3, 0.4) is 0 Å². The van der Waals surface area contributed by atoms with Crippen LogP contribution in [0.5, 0.6) is 11.5 Å². The van der Waals surface area contributed by atoms with Crippen molar-refractivity contribution >= 4 is 17.3 Å². The van der Waals surface area contributed by atoms with Gasteiger partial charge in [0.25, 0.3) is 0 Å². The lowest BCUT2D eigenvalue weighted by Crippen LogP contribution is -2.39. The maximum atomic E-state index is 13.1. The zero-order chi connectivity index (χ0) is 24.5. The van der Waals surface area contributed by atoms with Gasteiger partial charge in [-0.15, -0.1) is 0 Å². The van der Waals surface area contributed by atoms with Crippen LogP contribution in [0.25, 0.3) is 0 Å². The molecule has 1 amide bonds. The lowest BCUT2D eigenvalue weighted by atomic mass is 9.82. The van der Waals surface area contributed by atoms with E-state index in [9.17, 15) is 10.0 Å². The maximum absolute atomic E-state index is 13.1. The van der Waals surface area contributed by atoms with E-state index >= 15 is 0 Å². The van der Waals surface area contributed by atoms with Gasteiger partial charge in [0, 0.05) is 31.6 Å². The van der Waals surface area contributed by atoms with Crippen molar-refractivity contribution < 1.29 is 14.7 Å². The molecule has 0 heterocycles. The summed E-state index contributed by atoms with van der Waals surface area (Å²) in [6.07, 6.45) is 13.5.